The smallest absolute Gasteiger partial charge is 0.0175 e. The molecule has 0 heteroatoms. The molecular weight excluding hydrogens is 156 g/mol. The van der Waals surface area contributed by atoms with Crippen molar-refractivity contribution in [3.05, 3.63) is 12.2 Å². The molecule has 0 amide bonds. The molecule has 0 radical (unpaired) electrons. The molecule has 0 aliphatic heterocycles. The number of allylic oxidation sites excluding steroid dienone is 2. The maximum Gasteiger partial charge on any atom is -0.0175 e. The van der Waals surface area contributed by atoms with Crippen molar-refractivity contribution in [1.29, 1.82) is 0 Å². The minimum atomic E-state index is 0.414. The normalized spacial score (nSPS) is 32.2. The summed E-state index contributed by atoms with van der Waals surface area (Å²) >= 11 is 0. The Labute approximate surface area is 83.4 Å². The fourth-order valence-electron chi connectivity index (χ4n) is 1.88. The molecule has 13 heavy (non-hydrogen) atoms. The van der Waals surface area contributed by atoms with E-state index in [1.165, 1.54) is 19.3 Å². The summed E-state index contributed by atoms with van der Waals surface area (Å²) in [7, 11) is 0. The molecule has 0 saturated carbocycles. The lowest BCUT2D eigenvalue weighted by Gasteiger charge is -2.36. The summed E-state index contributed by atoms with van der Waals surface area (Å²) in [5, 5.41) is 0. The van der Waals surface area contributed by atoms with E-state index in [0.29, 0.717) is 10.8 Å². The molecule has 1 atom stereocenters. The number of hydrogen-bond acceptors (Lipinski definition) is 0. The van der Waals surface area contributed by atoms with Crippen LogP contribution in [0.3, 0.4) is 0 Å². The average molecular weight is 180 g/mol. The lowest BCUT2D eigenvalue weighted by atomic mass is 9.69. The van der Waals surface area contributed by atoms with Crippen molar-refractivity contribution < 1.29 is 0 Å². The highest BCUT2D eigenvalue weighted by atomic mass is 14.3. The van der Waals surface area contributed by atoms with Crippen LogP contribution in [-0.2, 0) is 0 Å². The quantitative estimate of drug-likeness (QED) is 0.484. The summed E-state index contributed by atoms with van der Waals surface area (Å²) in [5.74, 6) is 0.819. The third-order valence-corrected chi connectivity index (χ3v) is 3.81. The van der Waals surface area contributed by atoms with Gasteiger partial charge in [-0.1, -0.05) is 46.8 Å². The Balaban J connectivity index is 2.76. The summed E-state index contributed by atoms with van der Waals surface area (Å²) in [6.45, 7) is 11.9. The van der Waals surface area contributed by atoms with Crippen LogP contribution >= 0.6 is 0 Å². The Morgan fingerprint density at radius 1 is 1.08 bits per heavy atom. The van der Waals surface area contributed by atoms with Gasteiger partial charge in [0.1, 0.15) is 0 Å². The first-order chi connectivity index (χ1) is 5.83. The zero-order chi connectivity index (χ0) is 10.1. The van der Waals surface area contributed by atoms with Crippen LogP contribution in [0, 0.1) is 16.7 Å². The molecule has 0 N–H and O–H groups in total. The van der Waals surface area contributed by atoms with Crippen LogP contribution < -0.4 is 0 Å². The van der Waals surface area contributed by atoms with Crippen molar-refractivity contribution in [1.82, 2.24) is 0 Å². The first-order valence-electron chi connectivity index (χ1n) is 5.51. The van der Waals surface area contributed by atoms with Crippen molar-refractivity contribution in [2.24, 2.45) is 16.7 Å². The summed E-state index contributed by atoms with van der Waals surface area (Å²) in [6.07, 6.45) is 8.70. The minimum absolute atomic E-state index is 0.414. The van der Waals surface area contributed by atoms with Gasteiger partial charge in [-0.2, -0.15) is 0 Å². The SMILES string of the molecule is CC1CC=CC(C)(C)CCC1(C)C. The van der Waals surface area contributed by atoms with Gasteiger partial charge in [-0.3, -0.25) is 0 Å². The summed E-state index contributed by atoms with van der Waals surface area (Å²) in [5.41, 5.74) is 0.930. The fraction of sp³-hybridized carbons (Fsp3) is 0.846. The number of rotatable bonds is 0. The van der Waals surface area contributed by atoms with E-state index >= 15 is 0 Å². The van der Waals surface area contributed by atoms with Crippen LogP contribution in [0.5, 0.6) is 0 Å². The van der Waals surface area contributed by atoms with Crippen LogP contribution in [0.25, 0.3) is 0 Å². The van der Waals surface area contributed by atoms with Crippen molar-refractivity contribution in [2.75, 3.05) is 0 Å². The van der Waals surface area contributed by atoms with E-state index in [1.807, 2.05) is 0 Å². The van der Waals surface area contributed by atoms with E-state index in [4.69, 9.17) is 0 Å². The van der Waals surface area contributed by atoms with Gasteiger partial charge in [0.15, 0.2) is 0 Å². The van der Waals surface area contributed by atoms with Gasteiger partial charge in [0.05, 0.1) is 0 Å². The van der Waals surface area contributed by atoms with E-state index in [1.54, 1.807) is 0 Å². The van der Waals surface area contributed by atoms with E-state index in [2.05, 4.69) is 46.8 Å². The van der Waals surface area contributed by atoms with Crippen molar-refractivity contribution in [2.45, 2.75) is 53.9 Å². The Morgan fingerprint density at radius 3 is 2.31 bits per heavy atom. The molecule has 1 aliphatic carbocycles. The average Bonchev–Trinajstić information content (AvgIpc) is 2.00. The molecule has 0 spiro atoms. The van der Waals surface area contributed by atoms with Crippen molar-refractivity contribution >= 4 is 0 Å². The third-order valence-electron chi connectivity index (χ3n) is 3.81. The monoisotopic (exact) mass is 180 g/mol. The Bertz CT molecular complexity index is 196. The number of hydrogen-bond donors (Lipinski definition) is 0. The molecule has 0 fully saturated rings. The van der Waals surface area contributed by atoms with Gasteiger partial charge in [0.25, 0.3) is 0 Å². The van der Waals surface area contributed by atoms with Gasteiger partial charge >= 0.3 is 0 Å². The fourth-order valence-corrected chi connectivity index (χ4v) is 1.88. The van der Waals surface area contributed by atoms with Crippen LogP contribution in [0.1, 0.15) is 53.9 Å². The van der Waals surface area contributed by atoms with E-state index in [9.17, 15) is 0 Å². The van der Waals surface area contributed by atoms with Gasteiger partial charge in [-0.15, -0.1) is 0 Å². The highest BCUT2D eigenvalue weighted by Gasteiger charge is 2.29. The molecule has 0 heterocycles. The molecule has 1 unspecified atom stereocenters. The van der Waals surface area contributed by atoms with Crippen molar-refractivity contribution in [3.8, 4) is 0 Å². The van der Waals surface area contributed by atoms with Crippen LogP contribution in [-0.4, -0.2) is 0 Å². The van der Waals surface area contributed by atoms with E-state index < -0.39 is 0 Å². The third kappa shape index (κ3) is 2.86. The topological polar surface area (TPSA) is 0 Å². The first kappa shape index (κ1) is 10.8. The largest absolute Gasteiger partial charge is 0.0877 e. The standard InChI is InChI=1S/C13H24/c1-11-7-6-8-12(2,3)9-10-13(11,4)5/h6,8,11H,7,9-10H2,1-5H3. The summed E-state index contributed by atoms with van der Waals surface area (Å²) in [6, 6.07) is 0. The van der Waals surface area contributed by atoms with Gasteiger partial charge in [-0.25, -0.2) is 0 Å². The van der Waals surface area contributed by atoms with Gasteiger partial charge in [-0.05, 0) is 36.0 Å². The predicted molar refractivity (Wildman–Crippen MR) is 59.7 cm³/mol. The second-order valence-corrected chi connectivity index (χ2v) is 6.02. The predicted octanol–water partition coefficient (Wildman–Crippen LogP) is 4.42. The lowest BCUT2D eigenvalue weighted by Crippen LogP contribution is -2.25. The molecule has 0 aromatic heterocycles. The summed E-state index contributed by atoms with van der Waals surface area (Å²) in [4.78, 5) is 0. The first-order valence-corrected chi connectivity index (χ1v) is 5.51. The van der Waals surface area contributed by atoms with Gasteiger partial charge < -0.3 is 0 Å². The minimum Gasteiger partial charge on any atom is -0.0877 e. The van der Waals surface area contributed by atoms with Crippen LogP contribution in [0.2, 0.25) is 0 Å². The van der Waals surface area contributed by atoms with E-state index in [-0.39, 0.29) is 0 Å². The molecule has 0 bridgehead atoms. The Morgan fingerprint density at radius 2 is 1.69 bits per heavy atom. The molecule has 1 aliphatic rings. The Kier molecular flexibility index (Phi) is 2.89. The molecule has 0 aromatic carbocycles. The Hall–Kier alpha value is -0.260. The maximum atomic E-state index is 2.41. The molecule has 0 saturated heterocycles. The highest BCUT2D eigenvalue weighted by Crippen LogP contribution is 2.40. The zero-order valence-corrected chi connectivity index (χ0v) is 9.85. The van der Waals surface area contributed by atoms with Gasteiger partial charge in [0, 0.05) is 0 Å². The zero-order valence-electron chi connectivity index (χ0n) is 9.85. The van der Waals surface area contributed by atoms with Crippen molar-refractivity contribution in [3.63, 3.8) is 0 Å². The van der Waals surface area contributed by atoms with Gasteiger partial charge in [0.2, 0.25) is 0 Å². The second kappa shape index (κ2) is 3.48. The molecule has 0 aromatic rings. The molecule has 1 rings (SSSR count). The van der Waals surface area contributed by atoms with Crippen LogP contribution in [0.4, 0.5) is 0 Å². The highest BCUT2D eigenvalue weighted by molar-refractivity contribution is 4.99. The van der Waals surface area contributed by atoms with E-state index in [0.717, 1.165) is 5.92 Å². The molecule has 0 nitrogen and oxygen atoms in total. The molecule has 76 valence electrons. The maximum absolute atomic E-state index is 2.41. The lowest BCUT2D eigenvalue weighted by molar-refractivity contribution is 0.179. The van der Waals surface area contributed by atoms with Crippen LogP contribution in [0.15, 0.2) is 12.2 Å². The summed E-state index contributed by atoms with van der Waals surface area (Å²) < 4.78 is 0. The molecular formula is C13H24. The second-order valence-electron chi connectivity index (χ2n) is 6.02.